The second kappa shape index (κ2) is 14.4. The van der Waals surface area contributed by atoms with Crippen molar-refractivity contribution in [2.24, 2.45) is 4.99 Å². The standard InChI is InChI=1S/C36H40BrCl2N5O4/c1-4-48-31-23-27(37)9-14-30(31)33-40-35(2,25-5-10-28(38)11-6-25)36(3,26-7-12-29(39)13-8-26)44(33)34(46)43-17-15-41(16-18-43)24-32(45)42-19-21-47-22-20-42/h5-14,23H,4,15-22,24H2,1-3H3/t35-,36+/m0/s1. The van der Waals surface area contributed by atoms with Crippen molar-refractivity contribution in [3.05, 3.63) is 97.9 Å². The maximum Gasteiger partial charge on any atom is 0.326 e. The van der Waals surface area contributed by atoms with Crippen LogP contribution in [-0.4, -0.2) is 103 Å². The molecular weight excluding hydrogens is 717 g/mol. The van der Waals surface area contributed by atoms with Gasteiger partial charge in [0, 0.05) is 53.8 Å². The molecule has 12 heteroatoms. The van der Waals surface area contributed by atoms with E-state index in [9.17, 15) is 4.79 Å². The molecule has 2 saturated heterocycles. The molecule has 6 rings (SSSR count). The molecule has 48 heavy (non-hydrogen) atoms. The Morgan fingerprint density at radius 1 is 0.854 bits per heavy atom. The number of carbonyl (C=O) groups is 2. The zero-order chi connectivity index (χ0) is 34.1. The highest BCUT2D eigenvalue weighted by molar-refractivity contribution is 9.10. The quantitative estimate of drug-likeness (QED) is 0.270. The van der Waals surface area contributed by atoms with Crippen LogP contribution >= 0.6 is 39.1 Å². The predicted molar refractivity (Wildman–Crippen MR) is 192 cm³/mol. The van der Waals surface area contributed by atoms with Crippen molar-refractivity contribution < 1.29 is 19.1 Å². The molecule has 254 valence electrons. The molecule has 3 aromatic rings. The maximum atomic E-state index is 15.1. The second-order valence-electron chi connectivity index (χ2n) is 12.5. The van der Waals surface area contributed by atoms with Crippen molar-refractivity contribution in [3.8, 4) is 5.75 Å². The number of ether oxygens (including phenoxy) is 2. The Balaban J connectivity index is 1.41. The summed E-state index contributed by atoms with van der Waals surface area (Å²) in [4.78, 5) is 41.2. The first-order chi connectivity index (χ1) is 23.0. The molecule has 0 unspecified atom stereocenters. The van der Waals surface area contributed by atoms with Gasteiger partial charge in [-0.15, -0.1) is 0 Å². The third-order valence-electron chi connectivity index (χ3n) is 9.79. The van der Waals surface area contributed by atoms with Crippen molar-refractivity contribution in [1.82, 2.24) is 19.6 Å². The van der Waals surface area contributed by atoms with Crippen LogP contribution in [0, 0.1) is 0 Å². The molecule has 0 saturated carbocycles. The van der Waals surface area contributed by atoms with Crippen molar-refractivity contribution in [3.63, 3.8) is 0 Å². The molecule has 3 aliphatic heterocycles. The summed E-state index contributed by atoms with van der Waals surface area (Å²) in [6.45, 7) is 11.3. The average molecular weight is 758 g/mol. The van der Waals surface area contributed by atoms with Crippen LogP contribution in [0.1, 0.15) is 37.5 Å². The van der Waals surface area contributed by atoms with Crippen LogP contribution in [0.2, 0.25) is 10.0 Å². The molecule has 3 amide bonds. The van der Waals surface area contributed by atoms with E-state index >= 15 is 4.79 Å². The van der Waals surface area contributed by atoms with Gasteiger partial charge in [-0.05, 0) is 74.4 Å². The van der Waals surface area contributed by atoms with Crippen LogP contribution in [0.3, 0.4) is 0 Å². The lowest BCUT2D eigenvalue weighted by molar-refractivity contribution is -0.136. The van der Waals surface area contributed by atoms with Crippen LogP contribution < -0.4 is 4.74 Å². The first-order valence-electron chi connectivity index (χ1n) is 16.3. The summed E-state index contributed by atoms with van der Waals surface area (Å²) in [5.74, 6) is 1.23. The third-order valence-corrected chi connectivity index (χ3v) is 10.8. The largest absolute Gasteiger partial charge is 0.493 e. The molecule has 2 fully saturated rings. The number of halogens is 3. The highest BCUT2D eigenvalue weighted by atomic mass is 79.9. The highest BCUT2D eigenvalue weighted by Crippen LogP contribution is 2.54. The summed E-state index contributed by atoms with van der Waals surface area (Å²) in [5.41, 5.74) is 0.540. The Morgan fingerprint density at radius 3 is 2.06 bits per heavy atom. The van der Waals surface area contributed by atoms with Gasteiger partial charge in [0.2, 0.25) is 5.91 Å². The van der Waals surface area contributed by atoms with E-state index in [4.69, 9.17) is 37.7 Å². The molecule has 3 heterocycles. The number of piperazine rings is 1. The summed E-state index contributed by atoms with van der Waals surface area (Å²) < 4.78 is 12.4. The summed E-state index contributed by atoms with van der Waals surface area (Å²) >= 11 is 16.3. The number of amidine groups is 1. The number of morpholine rings is 1. The van der Waals surface area contributed by atoms with E-state index in [1.807, 2.05) is 88.4 Å². The van der Waals surface area contributed by atoms with E-state index in [1.165, 1.54) is 0 Å². The van der Waals surface area contributed by atoms with Crippen molar-refractivity contribution in [2.75, 3.05) is 65.6 Å². The van der Waals surface area contributed by atoms with Crippen LogP contribution in [0.4, 0.5) is 4.79 Å². The Hall–Kier alpha value is -3.15. The van der Waals surface area contributed by atoms with Gasteiger partial charge in [-0.3, -0.25) is 19.6 Å². The normalized spacial score (nSPS) is 23.3. The molecule has 0 aromatic heterocycles. The molecule has 2 atom stereocenters. The number of amides is 3. The van der Waals surface area contributed by atoms with Crippen LogP contribution in [0.25, 0.3) is 0 Å². The van der Waals surface area contributed by atoms with Gasteiger partial charge in [0.15, 0.2) is 0 Å². The van der Waals surface area contributed by atoms with E-state index < -0.39 is 11.1 Å². The zero-order valence-corrected chi connectivity index (χ0v) is 30.5. The topological polar surface area (TPSA) is 77.9 Å². The fourth-order valence-electron chi connectivity index (χ4n) is 6.87. The monoisotopic (exact) mass is 755 g/mol. The van der Waals surface area contributed by atoms with Gasteiger partial charge in [0.25, 0.3) is 0 Å². The van der Waals surface area contributed by atoms with Gasteiger partial charge < -0.3 is 19.3 Å². The summed E-state index contributed by atoms with van der Waals surface area (Å²) in [7, 11) is 0. The summed E-state index contributed by atoms with van der Waals surface area (Å²) in [6.07, 6.45) is 0. The zero-order valence-electron chi connectivity index (χ0n) is 27.4. The SMILES string of the molecule is CCOc1cc(Br)ccc1C1=N[C@@](C)(c2ccc(Cl)cc2)[C@@](C)(c2ccc(Cl)cc2)N1C(=O)N1CCN(CC(=O)N2CCOCC2)CC1. The molecule has 0 aliphatic carbocycles. The van der Waals surface area contributed by atoms with Crippen LogP contribution in [0.5, 0.6) is 5.75 Å². The smallest absolute Gasteiger partial charge is 0.326 e. The van der Waals surface area contributed by atoms with Gasteiger partial charge in [0.05, 0.1) is 31.9 Å². The van der Waals surface area contributed by atoms with Crippen molar-refractivity contribution in [2.45, 2.75) is 31.8 Å². The lowest BCUT2D eigenvalue weighted by Gasteiger charge is -2.47. The number of hydrogen-bond acceptors (Lipinski definition) is 6. The minimum atomic E-state index is -1.00. The number of rotatable bonds is 7. The van der Waals surface area contributed by atoms with Gasteiger partial charge >= 0.3 is 6.03 Å². The Bertz CT molecular complexity index is 1680. The maximum absolute atomic E-state index is 15.1. The lowest BCUT2D eigenvalue weighted by Crippen LogP contribution is -2.61. The number of urea groups is 1. The van der Waals surface area contributed by atoms with E-state index in [-0.39, 0.29) is 11.9 Å². The lowest BCUT2D eigenvalue weighted by atomic mass is 9.71. The van der Waals surface area contributed by atoms with Gasteiger partial charge in [-0.25, -0.2) is 4.79 Å². The number of aliphatic imine (C=N–C) groups is 1. The van der Waals surface area contributed by atoms with Gasteiger partial charge in [-0.1, -0.05) is 63.4 Å². The second-order valence-corrected chi connectivity index (χ2v) is 14.3. The molecule has 3 aromatic carbocycles. The van der Waals surface area contributed by atoms with E-state index in [2.05, 4.69) is 34.7 Å². The molecular formula is C36H40BrCl2N5O4. The number of carbonyl (C=O) groups excluding carboxylic acids is 2. The molecule has 0 radical (unpaired) electrons. The van der Waals surface area contributed by atoms with Crippen LogP contribution in [0.15, 0.2) is 76.2 Å². The highest BCUT2D eigenvalue weighted by Gasteiger charge is 2.60. The molecule has 0 spiro atoms. The number of nitrogens with zero attached hydrogens (tertiary/aromatic N) is 5. The molecule has 9 nitrogen and oxygen atoms in total. The summed E-state index contributed by atoms with van der Waals surface area (Å²) in [5, 5.41) is 1.21. The fraction of sp³-hybridized carbons (Fsp3) is 0.417. The average Bonchev–Trinajstić information content (AvgIpc) is 3.33. The summed E-state index contributed by atoms with van der Waals surface area (Å²) in [6, 6.07) is 20.9. The Morgan fingerprint density at radius 2 is 1.46 bits per heavy atom. The van der Waals surface area contributed by atoms with Crippen molar-refractivity contribution in [1.29, 1.82) is 0 Å². The Kier molecular flexibility index (Phi) is 10.4. The molecule has 3 aliphatic rings. The van der Waals surface area contributed by atoms with Gasteiger partial charge in [-0.2, -0.15) is 0 Å². The Labute approximate surface area is 300 Å². The third kappa shape index (κ3) is 6.57. The van der Waals surface area contributed by atoms with E-state index in [0.717, 1.165) is 15.6 Å². The minimum absolute atomic E-state index is 0.0970. The number of benzene rings is 3. The minimum Gasteiger partial charge on any atom is -0.493 e. The van der Waals surface area contributed by atoms with Crippen LogP contribution in [-0.2, 0) is 20.6 Å². The number of hydrogen-bond donors (Lipinski definition) is 0. The first-order valence-corrected chi connectivity index (χ1v) is 17.8. The van der Waals surface area contributed by atoms with E-state index in [1.54, 1.807) is 0 Å². The van der Waals surface area contributed by atoms with E-state index in [0.29, 0.717) is 92.8 Å². The molecule has 0 bridgehead atoms. The first kappa shape index (κ1) is 34.7. The molecule has 0 N–H and O–H groups in total. The predicted octanol–water partition coefficient (Wildman–Crippen LogP) is 6.64. The van der Waals surface area contributed by atoms with Crippen molar-refractivity contribution >= 4 is 56.9 Å². The fourth-order valence-corrected chi connectivity index (χ4v) is 7.46. The van der Waals surface area contributed by atoms with Gasteiger partial charge in [0.1, 0.15) is 22.7 Å².